The normalized spacial score (nSPS) is 28.3. The molecule has 1 N–H and O–H groups in total. The van der Waals surface area contributed by atoms with Crippen molar-refractivity contribution in [2.24, 2.45) is 5.92 Å². The van der Waals surface area contributed by atoms with Crippen LogP contribution in [0.4, 0.5) is 0 Å². The Bertz CT molecular complexity index is 416. The SMILES string of the molecule is CC1CS(=O)(=O)CCN1C(=O)CCC1CCNCC1. The van der Waals surface area contributed by atoms with Gasteiger partial charge in [-0.2, -0.15) is 0 Å². The second-order valence-corrected chi connectivity index (χ2v) is 8.01. The molecule has 6 heteroatoms. The Morgan fingerprint density at radius 2 is 2.00 bits per heavy atom. The summed E-state index contributed by atoms with van der Waals surface area (Å²) in [5.41, 5.74) is 0. The Morgan fingerprint density at radius 3 is 2.63 bits per heavy atom. The molecule has 0 spiro atoms. The summed E-state index contributed by atoms with van der Waals surface area (Å²) in [6.07, 6.45) is 3.81. The molecule has 0 bridgehead atoms. The fourth-order valence-corrected chi connectivity index (χ4v) is 4.57. The summed E-state index contributed by atoms with van der Waals surface area (Å²) >= 11 is 0. The van der Waals surface area contributed by atoms with Crippen LogP contribution in [0.1, 0.15) is 32.6 Å². The molecule has 110 valence electrons. The van der Waals surface area contributed by atoms with Crippen LogP contribution in [-0.2, 0) is 14.6 Å². The number of hydrogen-bond donors (Lipinski definition) is 1. The molecular formula is C13H24N2O3S. The van der Waals surface area contributed by atoms with Gasteiger partial charge in [-0.1, -0.05) is 0 Å². The van der Waals surface area contributed by atoms with Gasteiger partial charge in [-0.15, -0.1) is 0 Å². The van der Waals surface area contributed by atoms with Crippen molar-refractivity contribution in [1.82, 2.24) is 10.2 Å². The zero-order valence-corrected chi connectivity index (χ0v) is 12.4. The van der Waals surface area contributed by atoms with Crippen molar-refractivity contribution in [3.05, 3.63) is 0 Å². The average Bonchev–Trinajstić information content (AvgIpc) is 2.36. The van der Waals surface area contributed by atoms with Crippen LogP contribution in [0.15, 0.2) is 0 Å². The zero-order valence-electron chi connectivity index (χ0n) is 11.6. The van der Waals surface area contributed by atoms with Crippen molar-refractivity contribution >= 4 is 15.7 Å². The summed E-state index contributed by atoms with van der Waals surface area (Å²) in [7, 11) is -2.94. The van der Waals surface area contributed by atoms with Crippen molar-refractivity contribution < 1.29 is 13.2 Å². The topological polar surface area (TPSA) is 66.5 Å². The lowest BCUT2D eigenvalue weighted by molar-refractivity contribution is -0.133. The number of hydrogen-bond acceptors (Lipinski definition) is 4. The predicted molar refractivity (Wildman–Crippen MR) is 74.7 cm³/mol. The van der Waals surface area contributed by atoms with Crippen molar-refractivity contribution in [2.45, 2.75) is 38.6 Å². The monoisotopic (exact) mass is 288 g/mol. The minimum atomic E-state index is -2.94. The van der Waals surface area contributed by atoms with Gasteiger partial charge in [0.2, 0.25) is 5.91 Å². The molecular weight excluding hydrogens is 264 g/mol. The first-order valence-corrected chi connectivity index (χ1v) is 9.01. The summed E-state index contributed by atoms with van der Waals surface area (Å²) in [6.45, 7) is 4.31. The average molecular weight is 288 g/mol. The summed E-state index contributed by atoms with van der Waals surface area (Å²) < 4.78 is 23.0. The molecule has 1 atom stereocenters. The second-order valence-electron chi connectivity index (χ2n) is 5.78. The largest absolute Gasteiger partial charge is 0.338 e. The lowest BCUT2D eigenvalue weighted by Gasteiger charge is -2.33. The Labute approximate surface area is 115 Å². The van der Waals surface area contributed by atoms with Gasteiger partial charge in [0.1, 0.15) is 0 Å². The maximum absolute atomic E-state index is 12.2. The number of amides is 1. The first kappa shape index (κ1) is 14.8. The van der Waals surface area contributed by atoms with Crippen LogP contribution in [0.25, 0.3) is 0 Å². The maximum atomic E-state index is 12.2. The molecule has 0 radical (unpaired) electrons. The van der Waals surface area contributed by atoms with E-state index < -0.39 is 9.84 Å². The lowest BCUT2D eigenvalue weighted by Crippen LogP contribution is -2.49. The Morgan fingerprint density at radius 1 is 1.32 bits per heavy atom. The molecule has 1 amide bonds. The first-order valence-electron chi connectivity index (χ1n) is 7.18. The van der Waals surface area contributed by atoms with Gasteiger partial charge in [0, 0.05) is 19.0 Å². The third-order valence-electron chi connectivity index (χ3n) is 4.22. The minimum absolute atomic E-state index is 0.117. The molecule has 0 aromatic rings. The van der Waals surface area contributed by atoms with Gasteiger partial charge >= 0.3 is 0 Å². The highest BCUT2D eigenvalue weighted by Gasteiger charge is 2.31. The van der Waals surface area contributed by atoms with E-state index in [9.17, 15) is 13.2 Å². The molecule has 2 saturated heterocycles. The zero-order chi connectivity index (χ0) is 13.9. The standard InChI is InChI=1S/C13H24N2O3S/c1-11-10-19(17,18)9-8-15(11)13(16)3-2-12-4-6-14-7-5-12/h11-12,14H,2-10H2,1H3. The number of nitrogens with zero attached hydrogens (tertiary/aromatic N) is 1. The third-order valence-corrected chi connectivity index (χ3v) is 6.01. The fraction of sp³-hybridized carbons (Fsp3) is 0.923. The fourth-order valence-electron chi connectivity index (χ4n) is 3.01. The molecule has 0 aromatic carbocycles. The van der Waals surface area contributed by atoms with E-state index in [1.165, 1.54) is 0 Å². The third kappa shape index (κ3) is 4.18. The number of carbonyl (C=O) groups excluding carboxylic acids is 1. The summed E-state index contributed by atoms with van der Waals surface area (Å²) in [6, 6.07) is -0.167. The number of rotatable bonds is 3. The van der Waals surface area contributed by atoms with E-state index in [1.807, 2.05) is 6.92 Å². The number of piperidine rings is 1. The molecule has 2 rings (SSSR count). The molecule has 19 heavy (non-hydrogen) atoms. The Kier molecular flexibility index (Phi) is 4.84. The van der Waals surface area contributed by atoms with E-state index in [0.717, 1.165) is 32.4 Å². The van der Waals surface area contributed by atoms with Gasteiger partial charge in [0.05, 0.1) is 11.5 Å². The quantitative estimate of drug-likeness (QED) is 0.817. The van der Waals surface area contributed by atoms with Gasteiger partial charge < -0.3 is 10.2 Å². The lowest BCUT2D eigenvalue weighted by atomic mass is 9.93. The van der Waals surface area contributed by atoms with E-state index >= 15 is 0 Å². The van der Waals surface area contributed by atoms with Crippen LogP contribution >= 0.6 is 0 Å². The highest BCUT2D eigenvalue weighted by atomic mass is 32.2. The molecule has 0 aliphatic carbocycles. The highest BCUT2D eigenvalue weighted by Crippen LogP contribution is 2.20. The van der Waals surface area contributed by atoms with E-state index in [1.54, 1.807) is 4.90 Å². The van der Waals surface area contributed by atoms with Gasteiger partial charge in [-0.05, 0) is 45.2 Å². The molecule has 0 saturated carbocycles. The van der Waals surface area contributed by atoms with Crippen LogP contribution in [0, 0.1) is 5.92 Å². The van der Waals surface area contributed by atoms with Gasteiger partial charge in [0.15, 0.2) is 9.84 Å². The van der Waals surface area contributed by atoms with Crippen molar-refractivity contribution in [3.63, 3.8) is 0 Å². The summed E-state index contributed by atoms with van der Waals surface area (Å²) in [5.74, 6) is 1.01. The maximum Gasteiger partial charge on any atom is 0.222 e. The van der Waals surface area contributed by atoms with Crippen LogP contribution in [-0.4, -0.2) is 56.4 Å². The molecule has 1 unspecified atom stereocenters. The molecule has 2 heterocycles. The molecule has 2 aliphatic rings. The van der Waals surface area contributed by atoms with E-state index in [-0.39, 0.29) is 23.5 Å². The number of sulfone groups is 1. The minimum Gasteiger partial charge on any atom is -0.338 e. The van der Waals surface area contributed by atoms with Gasteiger partial charge in [-0.3, -0.25) is 4.79 Å². The molecule has 2 aliphatic heterocycles. The van der Waals surface area contributed by atoms with Crippen molar-refractivity contribution in [2.75, 3.05) is 31.1 Å². The van der Waals surface area contributed by atoms with Crippen LogP contribution < -0.4 is 5.32 Å². The molecule has 0 aromatic heterocycles. The summed E-state index contributed by atoms with van der Waals surface area (Å²) in [5, 5.41) is 3.32. The highest BCUT2D eigenvalue weighted by molar-refractivity contribution is 7.91. The summed E-state index contributed by atoms with van der Waals surface area (Å²) in [4.78, 5) is 13.9. The van der Waals surface area contributed by atoms with Crippen LogP contribution in [0.5, 0.6) is 0 Å². The predicted octanol–water partition coefficient (Wildman–Crippen LogP) is 0.412. The van der Waals surface area contributed by atoms with Crippen LogP contribution in [0.3, 0.4) is 0 Å². The van der Waals surface area contributed by atoms with Gasteiger partial charge in [0.25, 0.3) is 0 Å². The Balaban J connectivity index is 1.79. The van der Waals surface area contributed by atoms with Gasteiger partial charge in [-0.25, -0.2) is 8.42 Å². The number of nitrogens with one attached hydrogen (secondary N) is 1. The smallest absolute Gasteiger partial charge is 0.222 e. The van der Waals surface area contributed by atoms with E-state index in [4.69, 9.17) is 0 Å². The molecule has 2 fully saturated rings. The Hall–Kier alpha value is -0.620. The van der Waals surface area contributed by atoms with E-state index in [2.05, 4.69) is 5.32 Å². The second kappa shape index (κ2) is 6.22. The van der Waals surface area contributed by atoms with Crippen LogP contribution in [0.2, 0.25) is 0 Å². The molecule has 5 nitrogen and oxygen atoms in total. The van der Waals surface area contributed by atoms with Crippen molar-refractivity contribution in [3.8, 4) is 0 Å². The number of carbonyl (C=O) groups is 1. The van der Waals surface area contributed by atoms with E-state index in [0.29, 0.717) is 18.9 Å². The van der Waals surface area contributed by atoms with Crippen molar-refractivity contribution in [1.29, 1.82) is 0 Å². The first-order chi connectivity index (χ1) is 8.98.